The fourth-order valence-electron chi connectivity index (χ4n) is 3.32. The second kappa shape index (κ2) is 8.03. The molecule has 1 unspecified atom stereocenters. The summed E-state index contributed by atoms with van der Waals surface area (Å²) in [5.74, 6) is -1.08. The Hall–Kier alpha value is -3.15. The number of aliphatic hydroxyl groups excluding tert-OH is 1. The van der Waals surface area contributed by atoms with Crippen LogP contribution in [-0.4, -0.2) is 40.3 Å². The molecule has 1 amide bonds. The van der Waals surface area contributed by atoms with E-state index in [1.807, 2.05) is 6.92 Å². The van der Waals surface area contributed by atoms with Gasteiger partial charge in [-0.25, -0.2) is 0 Å². The highest BCUT2D eigenvalue weighted by Gasteiger charge is 2.45. The number of para-hydroxylation sites is 1. The van der Waals surface area contributed by atoms with Gasteiger partial charge in [0.15, 0.2) is 0 Å². The maximum Gasteiger partial charge on any atom is 0.295 e. The highest BCUT2D eigenvalue weighted by molar-refractivity contribution is 6.46. The number of ketones is 1. The highest BCUT2D eigenvalue weighted by atomic mass is 16.5. The average molecular weight is 366 g/mol. The number of pyridine rings is 1. The number of unbranched alkanes of at least 4 members (excludes halogenated alkanes) is 1. The van der Waals surface area contributed by atoms with Crippen LogP contribution < -0.4 is 4.74 Å². The van der Waals surface area contributed by atoms with Crippen molar-refractivity contribution in [3.05, 3.63) is 65.5 Å². The van der Waals surface area contributed by atoms with Crippen LogP contribution in [0.2, 0.25) is 0 Å². The molecule has 0 radical (unpaired) electrons. The summed E-state index contributed by atoms with van der Waals surface area (Å²) in [6.07, 6.45) is 4.87. The van der Waals surface area contributed by atoms with Crippen molar-refractivity contribution in [3.8, 4) is 5.75 Å². The lowest BCUT2D eigenvalue weighted by Crippen LogP contribution is -2.30. The van der Waals surface area contributed by atoms with Crippen molar-refractivity contribution in [3.63, 3.8) is 0 Å². The van der Waals surface area contributed by atoms with Crippen LogP contribution in [0.25, 0.3) is 5.76 Å². The second-order valence-electron chi connectivity index (χ2n) is 6.33. The van der Waals surface area contributed by atoms with E-state index in [4.69, 9.17) is 4.74 Å². The molecule has 2 heterocycles. The number of ether oxygens (including phenoxy) is 1. The number of carbonyl (C=O) groups excluding carboxylic acids is 2. The Morgan fingerprint density at radius 2 is 1.89 bits per heavy atom. The zero-order valence-electron chi connectivity index (χ0n) is 15.4. The molecule has 6 heteroatoms. The van der Waals surface area contributed by atoms with Crippen molar-refractivity contribution < 1.29 is 19.4 Å². The molecule has 1 aromatic heterocycles. The van der Waals surface area contributed by atoms with Crippen molar-refractivity contribution in [2.45, 2.75) is 25.8 Å². The van der Waals surface area contributed by atoms with Crippen LogP contribution >= 0.6 is 0 Å². The van der Waals surface area contributed by atoms with Crippen LogP contribution in [0, 0.1) is 0 Å². The number of amides is 1. The molecule has 0 bridgehead atoms. The van der Waals surface area contributed by atoms with Gasteiger partial charge in [-0.3, -0.25) is 14.6 Å². The summed E-state index contributed by atoms with van der Waals surface area (Å²) in [5.41, 5.74) is 1.19. The van der Waals surface area contributed by atoms with Crippen molar-refractivity contribution in [1.82, 2.24) is 9.88 Å². The number of methoxy groups -OCH3 is 1. The van der Waals surface area contributed by atoms with Crippen LogP contribution in [0.5, 0.6) is 5.75 Å². The van der Waals surface area contributed by atoms with E-state index >= 15 is 0 Å². The number of carbonyl (C=O) groups is 2. The third kappa shape index (κ3) is 3.43. The zero-order chi connectivity index (χ0) is 19.4. The van der Waals surface area contributed by atoms with Crippen molar-refractivity contribution in [2.75, 3.05) is 13.7 Å². The lowest BCUT2D eigenvalue weighted by atomic mass is 9.95. The van der Waals surface area contributed by atoms with Crippen LogP contribution in [0.3, 0.4) is 0 Å². The maximum absolute atomic E-state index is 12.8. The molecule has 0 saturated carbocycles. The number of benzene rings is 1. The highest BCUT2D eigenvalue weighted by Crippen LogP contribution is 2.40. The average Bonchev–Trinajstić information content (AvgIpc) is 2.97. The molecular weight excluding hydrogens is 344 g/mol. The molecule has 1 atom stereocenters. The number of aromatic nitrogens is 1. The van der Waals surface area contributed by atoms with Crippen LogP contribution in [0.1, 0.15) is 36.9 Å². The first-order valence-corrected chi connectivity index (χ1v) is 8.91. The Morgan fingerprint density at radius 3 is 2.56 bits per heavy atom. The zero-order valence-corrected chi connectivity index (χ0v) is 15.4. The predicted molar refractivity (Wildman–Crippen MR) is 101 cm³/mol. The normalized spacial score (nSPS) is 18.7. The summed E-state index contributed by atoms with van der Waals surface area (Å²) in [6.45, 7) is 2.46. The summed E-state index contributed by atoms with van der Waals surface area (Å²) in [7, 11) is 1.49. The fourth-order valence-corrected chi connectivity index (χ4v) is 3.32. The summed E-state index contributed by atoms with van der Waals surface area (Å²) >= 11 is 0. The molecule has 0 aliphatic carbocycles. The molecule has 6 nitrogen and oxygen atoms in total. The number of nitrogens with zero attached hydrogens (tertiary/aromatic N) is 2. The Balaban J connectivity index is 2.18. The molecule has 2 aromatic rings. The SMILES string of the molecule is CCCCN1C(=O)C(=O)/C(=C(\O)c2ccccc2OC)C1c1ccncc1. The minimum Gasteiger partial charge on any atom is -0.507 e. The largest absolute Gasteiger partial charge is 0.507 e. The topological polar surface area (TPSA) is 79.7 Å². The molecule has 1 aromatic carbocycles. The Morgan fingerprint density at radius 1 is 1.19 bits per heavy atom. The van der Waals surface area contributed by atoms with Gasteiger partial charge in [0.25, 0.3) is 11.7 Å². The van der Waals surface area contributed by atoms with Crippen molar-refractivity contribution in [1.29, 1.82) is 0 Å². The van der Waals surface area contributed by atoms with Gasteiger partial charge in [-0.2, -0.15) is 0 Å². The van der Waals surface area contributed by atoms with E-state index in [0.717, 1.165) is 18.4 Å². The van der Waals surface area contributed by atoms with Crippen molar-refractivity contribution >= 4 is 17.4 Å². The van der Waals surface area contributed by atoms with Crippen LogP contribution in [0.4, 0.5) is 0 Å². The van der Waals surface area contributed by atoms with Gasteiger partial charge < -0.3 is 14.7 Å². The van der Waals surface area contributed by atoms with E-state index in [-0.39, 0.29) is 11.3 Å². The summed E-state index contributed by atoms with van der Waals surface area (Å²) in [4.78, 5) is 31.0. The van der Waals surface area contributed by atoms with Gasteiger partial charge in [-0.15, -0.1) is 0 Å². The molecule has 140 valence electrons. The van der Waals surface area contributed by atoms with E-state index in [2.05, 4.69) is 4.98 Å². The first kappa shape index (κ1) is 18.6. The van der Waals surface area contributed by atoms with E-state index in [0.29, 0.717) is 17.9 Å². The Labute approximate surface area is 158 Å². The minimum absolute atomic E-state index is 0.0757. The molecule has 3 rings (SSSR count). The molecule has 1 fully saturated rings. The summed E-state index contributed by atoms with van der Waals surface area (Å²) in [5, 5.41) is 11.0. The Kier molecular flexibility index (Phi) is 5.54. The number of Topliss-reactive ketones (excluding diaryl/α,β-unsaturated/α-hetero) is 1. The number of likely N-dealkylation sites (tertiary alicyclic amines) is 1. The first-order chi connectivity index (χ1) is 13.1. The Bertz CT molecular complexity index is 877. The maximum atomic E-state index is 12.8. The molecular formula is C21H22N2O4. The smallest absolute Gasteiger partial charge is 0.295 e. The van der Waals surface area contributed by atoms with E-state index in [1.165, 1.54) is 12.0 Å². The van der Waals surface area contributed by atoms with Crippen LogP contribution in [0.15, 0.2) is 54.4 Å². The molecule has 1 aliphatic heterocycles. The molecule has 0 spiro atoms. The van der Waals surface area contributed by atoms with Crippen LogP contribution in [-0.2, 0) is 9.59 Å². The summed E-state index contributed by atoms with van der Waals surface area (Å²) < 4.78 is 5.31. The minimum atomic E-state index is -0.684. The molecule has 1 saturated heterocycles. The molecule has 1 aliphatic rings. The third-order valence-electron chi connectivity index (χ3n) is 4.68. The predicted octanol–water partition coefficient (Wildman–Crippen LogP) is 3.31. The van der Waals surface area contributed by atoms with Gasteiger partial charge in [0.05, 0.1) is 24.3 Å². The summed E-state index contributed by atoms with van der Waals surface area (Å²) in [6, 6.07) is 9.74. The molecule has 27 heavy (non-hydrogen) atoms. The monoisotopic (exact) mass is 366 g/mol. The third-order valence-corrected chi connectivity index (χ3v) is 4.68. The fraction of sp³-hybridized carbons (Fsp3) is 0.286. The van der Waals surface area contributed by atoms with E-state index < -0.39 is 17.7 Å². The van der Waals surface area contributed by atoms with E-state index in [1.54, 1.807) is 48.8 Å². The van der Waals surface area contributed by atoms with Gasteiger partial charge in [-0.05, 0) is 36.2 Å². The first-order valence-electron chi connectivity index (χ1n) is 8.91. The van der Waals surface area contributed by atoms with Gasteiger partial charge in [-0.1, -0.05) is 25.5 Å². The quantitative estimate of drug-likeness (QED) is 0.482. The second-order valence-corrected chi connectivity index (χ2v) is 6.33. The van der Waals surface area contributed by atoms with Gasteiger partial charge in [0.1, 0.15) is 11.5 Å². The van der Waals surface area contributed by atoms with Gasteiger partial charge in [0.2, 0.25) is 0 Å². The number of hydrogen-bond donors (Lipinski definition) is 1. The lowest BCUT2D eigenvalue weighted by Gasteiger charge is -2.25. The number of hydrogen-bond acceptors (Lipinski definition) is 5. The lowest BCUT2D eigenvalue weighted by molar-refractivity contribution is -0.139. The van der Waals surface area contributed by atoms with Crippen molar-refractivity contribution in [2.24, 2.45) is 0 Å². The number of rotatable bonds is 6. The standard InChI is InChI=1S/C21H22N2O4/c1-3-4-13-23-18(14-9-11-22-12-10-14)17(20(25)21(23)26)19(24)15-7-5-6-8-16(15)27-2/h5-12,18,24H,3-4,13H2,1-2H3/b19-17-. The van der Waals surface area contributed by atoms with Gasteiger partial charge in [0, 0.05) is 18.9 Å². The molecule has 1 N–H and O–H groups in total. The van der Waals surface area contributed by atoms with Gasteiger partial charge >= 0.3 is 0 Å². The number of aliphatic hydroxyl groups is 1. The van der Waals surface area contributed by atoms with E-state index in [9.17, 15) is 14.7 Å².